The third kappa shape index (κ3) is 5.90. The summed E-state index contributed by atoms with van der Waals surface area (Å²) >= 11 is 0. The number of amides is 1. The quantitative estimate of drug-likeness (QED) is 0.811. The minimum Gasteiger partial charge on any atom is -0.465 e. The zero-order chi connectivity index (χ0) is 17.8. The largest absolute Gasteiger partial charge is 0.465 e. The van der Waals surface area contributed by atoms with Crippen LogP contribution in [0.25, 0.3) is 0 Å². The summed E-state index contributed by atoms with van der Waals surface area (Å²) in [7, 11) is -2.46. The summed E-state index contributed by atoms with van der Waals surface area (Å²) in [6.07, 6.45) is 1.00. The molecule has 1 aromatic carbocycles. The predicted octanol–water partition coefficient (Wildman–Crippen LogP) is 1.15. The van der Waals surface area contributed by atoms with Crippen molar-refractivity contribution in [2.24, 2.45) is 0 Å². The number of carbonyl (C=O) groups is 2. The monoisotopic (exact) mass is 342 g/mol. The summed E-state index contributed by atoms with van der Waals surface area (Å²) < 4.78 is 29.6. The first-order valence-electron chi connectivity index (χ1n) is 6.91. The van der Waals surface area contributed by atoms with Gasteiger partial charge in [0.2, 0.25) is 15.9 Å². The predicted molar refractivity (Wildman–Crippen MR) is 87.9 cm³/mol. The Morgan fingerprint density at radius 1 is 1.26 bits per heavy atom. The van der Waals surface area contributed by atoms with Crippen LogP contribution in [0.2, 0.25) is 0 Å². The molecule has 0 atom stereocenters. The number of nitrogens with one attached hydrogen (secondary N) is 1. The summed E-state index contributed by atoms with van der Waals surface area (Å²) in [4.78, 5) is 23.6. The van der Waals surface area contributed by atoms with Gasteiger partial charge in [-0.05, 0) is 39.0 Å². The highest BCUT2D eigenvalue weighted by Crippen LogP contribution is 2.19. The molecule has 0 unspecified atom stereocenters. The number of benzene rings is 1. The lowest BCUT2D eigenvalue weighted by Crippen LogP contribution is -2.47. The number of nitrogens with zero attached hydrogens (tertiary/aromatic N) is 1. The van der Waals surface area contributed by atoms with Gasteiger partial charge in [-0.1, -0.05) is 6.07 Å². The smallest absolute Gasteiger partial charge is 0.337 e. The van der Waals surface area contributed by atoms with Crippen LogP contribution in [0.5, 0.6) is 0 Å². The van der Waals surface area contributed by atoms with E-state index in [1.807, 2.05) is 0 Å². The molecular formula is C15H22N2O5S. The van der Waals surface area contributed by atoms with E-state index in [1.165, 1.54) is 31.4 Å². The molecule has 8 heteroatoms. The molecule has 0 fully saturated rings. The third-order valence-corrected chi connectivity index (χ3v) is 3.90. The zero-order valence-electron chi connectivity index (χ0n) is 13.9. The van der Waals surface area contributed by atoms with E-state index in [-0.39, 0.29) is 17.8 Å². The number of hydrogen-bond donors (Lipinski definition) is 1. The minimum absolute atomic E-state index is 0.204. The van der Waals surface area contributed by atoms with Crippen molar-refractivity contribution in [1.82, 2.24) is 5.32 Å². The van der Waals surface area contributed by atoms with Gasteiger partial charge in [0, 0.05) is 5.54 Å². The highest BCUT2D eigenvalue weighted by Gasteiger charge is 2.24. The van der Waals surface area contributed by atoms with Crippen LogP contribution in [0.1, 0.15) is 31.1 Å². The molecule has 23 heavy (non-hydrogen) atoms. The van der Waals surface area contributed by atoms with Crippen LogP contribution >= 0.6 is 0 Å². The van der Waals surface area contributed by atoms with Crippen molar-refractivity contribution in [2.75, 3.05) is 24.2 Å². The molecule has 7 nitrogen and oxygen atoms in total. The fourth-order valence-corrected chi connectivity index (χ4v) is 2.74. The Morgan fingerprint density at radius 2 is 1.87 bits per heavy atom. The SMILES string of the molecule is COC(=O)c1cccc(N(CC(=O)NC(C)(C)C)S(C)(=O)=O)c1. The molecule has 0 aliphatic carbocycles. The summed E-state index contributed by atoms with van der Waals surface area (Å²) in [6, 6.07) is 5.92. The second-order valence-corrected chi connectivity index (χ2v) is 8.02. The van der Waals surface area contributed by atoms with E-state index in [0.717, 1.165) is 10.6 Å². The van der Waals surface area contributed by atoms with Gasteiger partial charge in [0.25, 0.3) is 0 Å². The van der Waals surface area contributed by atoms with E-state index in [2.05, 4.69) is 10.1 Å². The number of methoxy groups -OCH3 is 1. The lowest BCUT2D eigenvalue weighted by atomic mass is 10.1. The average molecular weight is 342 g/mol. The van der Waals surface area contributed by atoms with Crippen LogP contribution in [0.4, 0.5) is 5.69 Å². The highest BCUT2D eigenvalue weighted by atomic mass is 32.2. The van der Waals surface area contributed by atoms with E-state index >= 15 is 0 Å². The Morgan fingerprint density at radius 3 is 2.35 bits per heavy atom. The van der Waals surface area contributed by atoms with Gasteiger partial charge in [0.05, 0.1) is 24.6 Å². The molecule has 0 aromatic heterocycles. The molecule has 0 saturated heterocycles. The van der Waals surface area contributed by atoms with Crippen molar-refractivity contribution < 1.29 is 22.7 Å². The first-order chi connectivity index (χ1) is 10.4. The number of anilines is 1. The van der Waals surface area contributed by atoms with Gasteiger partial charge in [-0.2, -0.15) is 0 Å². The number of sulfonamides is 1. The number of rotatable bonds is 5. The number of hydrogen-bond acceptors (Lipinski definition) is 5. The number of esters is 1. The molecular weight excluding hydrogens is 320 g/mol. The standard InChI is InChI=1S/C15H22N2O5S/c1-15(2,3)16-13(18)10-17(23(5,20)21)12-8-6-7-11(9-12)14(19)22-4/h6-9H,10H2,1-5H3,(H,16,18). The Kier molecular flexibility index (Phi) is 5.76. The highest BCUT2D eigenvalue weighted by molar-refractivity contribution is 7.92. The molecule has 0 spiro atoms. The van der Waals surface area contributed by atoms with E-state index in [0.29, 0.717) is 0 Å². The molecule has 0 bridgehead atoms. The molecule has 1 amide bonds. The fraction of sp³-hybridized carbons (Fsp3) is 0.467. The van der Waals surface area contributed by atoms with E-state index in [1.54, 1.807) is 20.8 Å². The van der Waals surface area contributed by atoms with E-state index in [9.17, 15) is 18.0 Å². The number of ether oxygens (including phenoxy) is 1. The van der Waals surface area contributed by atoms with Crippen LogP contribution in [0, 0.1) is 0 Å². The van der Waals surface area contributed by atoms with E-state index < -0.39 is 27.4 Å². The molecule has 0 heterocycles. The van der Waals surface area contributed by atoms with Gasteiger partial charge < -0.3 is 10.1 Å². The van der Waals surface area contributed by atoms with Gasteiger partial charge in [-0.25, -0.2) is 13.2 Å². The topological polar surface area (TPSA) is 92.8 Å². The van der Waals surface area contributed by atoms with Crippen LogP contribution in [-0.4, -0.2) is 45.7 Å². The van der Waals surface area contributed by atoms with Crippen LogP contribution in [-0.2, 0) is 19.6 Å². The minimum atomic E-state index is -3.70. The summed E-state index contributed by atoms with van der Waals surface area (Å²) in [5.41, 5.74) is -0.0527. The Bertz CT molecular complexity index is 692. The van der Waals surface area contributed by atoms with Gasteiger partial charge in [-0.3, -0.25) is 9.10 Å². The molecule has 0 aliphatic heterocycles. The van der Waals surface area contributed by atoms with Crippen molar-refractivity contribution in [3.63, 3.8) is 0 Å². The Labute approximate surface area is 136 Å². The van der Waals surface area contributed by atoms with Gasteiger partial charge >= 0.3 is 5.97 Å². The van der Waals surface area contributed by atoms with Crippen molar-refractivity contribution in [3.8, 4) is 0 Å². The molecule has 0 saturated carbocycles. The van der Waals surface area contributed by atoms with Crippen LogP contribution in [0.3, 0.4) is 0 Å². The molecule has 128 valence electrons. The second-order valence-electron chi connectivity index (χ2n) is 6.11. The molecule has 1 rings (SSSR count). The lowest BCUT2D eigenvalue weighted by Gasteiger charge is -2.26. The Balaban J connectivity index is 3.14. The lowest BCUT2D eigenvalue weighted by molar-refractivity contribution is -0.121. The van der Waals surface area contributed by atoms with Crippen molar-refractivity contribution in [2.45, 2.75) is 26.3 Å². The average Bonchev–Trinajstić information content (AvgIpc) is 2.41. The maximum atomic E-state index is 12.1. The molecule has 0 radical (unpaired) electrons. The number of carbonyl (C=O) groups excluding carboxylic acids is 2. The van der Waals surface area contributed by atoms with E-state index in [4.69, 9.17) is 0 Å². The third-order valence-electron chi connectivity index (χ3n) is 2.76. The van der Waals surface area contributed by atoms with Crippen molar-refractivity contribution >= 4 is 27.6 Å². The fourth-order valence-electron chi connectivity index (χ4n) is 1.89. The van der Waals surface area contributed by atoms with Crippen LogP contribution in [0.15, 0.2) is 24.3 Å². The maximum absolute atomic E-state index is 12.1. The molecule has 1 N–H and O–H groups in total. The summed E-state index contributed by atoms with van der Waals surface area (Å²) in [6.45, 7) is 5.02. The van der Waals surface area contributed by atoms with Crippen molar-refractivity contribution in [1.29, 1.82) is 0 Å². The van der Waals surface area contributed by atoms with Gasteiger partial charge in [-0.15, -0.1) is 0 Å². The second kappa shape index (κ2) is 6.99. The summed E-state index contributed by atoms with van der Waals surface area (Å²) in [5, 5.41) is 2.70. The Hall–Kier alpha value is -2.09. The first kappa shape index (κ1) is 19.0. The summed E-state index contributed by atoms with van der Waals surface area (Å²) in [5.74, 6) is -1.02. The van der Waals surface area contributed by atoms with Gasteiger partial charge in [0.1, 0.15) is 6.54 Å². The molecule has 0 aliphatic rings. The van der Waals surface area contributed by atoms with Gasteiger partial charge in [0.15, 0.2) is 0 Å². The zero-order valence-corrected chi connectivity index (χ0v) is 14.7. The van der Waals surface area contributed by atoms with Crippen LogP contribution < -0.4 is 9.62 Å². The maximum Gasteiger partial charge on any atom is 0.337 e. The normalized spacial score (nSPS) is 11.7. The van der Waals surface area contributed by atoms with Crippen molar-refractivity contribution in [3.05, 3.63) is 29.8 Å². The first-order valence-corrected chi connectivity index (χ1v) is 8.76. The molecule has 1 aromatic rings.